The molecule has 1 N–H and O–H groups in total. The Kier molecular flexibility index (Phi) is 8.25. The molecule has 7 nitrogen and oxygen atoms in total. The summed E-state index contributed by atoms with van der Waals surface area (Å²) in [6, 6.07) is -0.0910. The highest BCUT2D eigenvalue weighted by Gasteiger charge is 2.22. The number of aromatic nitrogens is 1. The summed E-state index contributed by atoms with van der Waals surface area (Å²) in [6.45, 7) is 5.76. The van der Waals surface area contributed by atoms with Gasteiger partial charge in [0.1, 0.15) is 6.54 Å². The van der Waals surface area contributed by atoms with E-state index in [4.69, 9.17) is 4.74 Å². The molecule has 1 atom stereocenters. The fraction of sp³-hybridized carbons (Fsp3) is 0.600. The first-order valence-corrected chi connectivity index (χ1v) is 8.50. The first-order valence-electron chi connectivity index (χ1n) is 7.62. The highest BCUT2D eigenvalue weighted by Crippen LogP contribution is 2.12. The van der Waals surface area contributed by atoms with E-state index < -0.39 is 5.97 Å². The maximum atomic E-state index is 12.3. The first-order chi connectivity index (χ1) is 11.0. The second-order valence-electron chi connectivity index (χ2n) is 4.97. The van der Waals surface area contributed by atoms with Crippen LogP contribution in [0.2, 0.25) is 0 Å². The lowest BCUT2D eigenvalue weighted by molar-refractivity contribution is -0.146. The average Bonchev–Trinajstić information content (AvgIpc) is 3.02. The van der Waals surface area contributed by atoms with Gasteiger partial charge in [0.25, 0.3) is 0 Å². The molecule has 0 spiro atoms. The number of esters is 1. The standard InChI is InChI=1S/C15H23N3O4S/c1-4-11(3)18(13(20)6-7-14(21)22-5-2)10-12(19)17-15-16-8-9-23-15/h8-9,11H,4-7,10H2,1-3H3,(H,16,17,19). The summed E-state index contributed by atoms with van der Waals surface area (Å²) in [4.78, 5) is 41.2. The summed E-state index contributed by atoms with van der Waals surface area (Å²) in [5.41, 5.74) is 0. The van der Waals surface area contributed by atoms with E-state index in [1.165, 1.54) is 16.2 Å². The van der Waals surface area contributed by atoms with Crippen LogP contribution < -0.4 is 5.32 Å². The minimum absolute atomic E-state index is 0.0215. The molecule has 1 aromatic heterocycles. The predicted molar refractivity (Wildman–Crippen MR) is 88.1 cm³/mol. The van der Waals surface area contributed by atoms with E-state index in [0.717, 1.165) is 6.42 Å². The van der Waals surface area contributed by atoms with Gasteiger partial charge < -0.3 is 15.0 Å². The molecule has 0 fully saturated rings. The molecule has 0 aromatic carbocycles. The van der Waals surface area contributed by atoms with Gasteiger partial charge in [-0.1, -0.05) is 6.92 Å². The second kappa shape index (κ2) is 9.94. The van der Waals surface area contributed by atoms with Crippen molar-refractivity contribution < 1.29 is 19.1 Å². The van der Waals surface area contributed by atoms with Gasteiger partial charge in [-0.15, -0.1) is 11.3 Å². The number of rotatable bonds is 9. The molecule has 0 bridgehead atoms. The number of hydrogen-bond acceptors (Lipinski definition) is 6. The fourth-order valence-electron chi connectivity index (χ4n) is 1.89. The van der Waals surface area contributed by atoms with Crippen molar-refractivity contribution in [2.24, 2.45) is 0 Å². The lowest BCUT2D eigenvalue weighted by Crippen LogP contribution is -2.43. The van der Waals surface area contributed by atoms with E-state index in [9.17, 15) is 14.4 Å². The average molecular weight is 341 g/mol. The molecule has 128 valence electrons. The second-order valence-corrected chi connectivity index (χ2v) is 5.86. The van der Waals surface area contributed by atoms with Crippen LogP contribution >= 0.6 is 11.3 Å². The van der Waals surface area contributed by atoms with Crippen molar-refractivity contribution in [3.8, 4) is 0 Å². The summed E-state index contributed by atoms with van der Waals surface area (Å²) < 4.78 is 4.81. The number of anilines is 1. The lowest BCUT2D eigenvalue weighted by atomic mass is 10.2. The summed E-state index contributed by atoms with van der Waals surface area (Å²) in [7, 11) is 0. The van der Waals surface area contributed by atoms with E-state index in [0.29, 0.717) is 11.7 Å². The molecule has 1 aromatic rings. The molecular weight excluding hydrogens is 318 g/mol. The van der Waals surface area contributed by atoms with Gasteiger partial charge in [-0.3, -0.25) is 14.4 Å². The molecule has 2 amide bonds. The molecule has 0 aliphatic carbocycles. The Morgan fingerprint density at radius 3 is 2.65 bits per heavy atom. The van der Waals surface area contributed by atoms with Gasteiger partial charge in [0.15, 0.2) is 5.13 Å². The van der Waals surface area contributed by atoms with E-state index in [1.807, 2.05) is 13.8 Å². The summed E-state index contributed by atoms with van der Waals surface area (Å²) in [5.74, 6) is -0.941. The zero-order valence-electron chi connectivity index (χ0n) is 13.7. The van der Waals surface area contributed by atoms with Crippen molar-refractivity contribution in [2.75, 3.05) is 18.5 Å². The van der Waals surface area contributed by atoms with E-state index in [-0.39, 0.29) is 37.2 Å². The van der Waals surface area contributed by atoms with Crippen LogP contribution in [0.3, 0.4) is 0 Å². The SMILES string of the molecule is CCOC(=O)CCC(=O)N(CC(=O)Nc1nccs1)C(C)CC. The van der Waals surface area contributed by atoms with Crippen molar-refractivity contribution in [2.45, 2.75) is 46.1 Å². The maximum absolute atomic E-state index is 12.3. The third-order valence-corrected chi connectivity index (χ3v) is 3.97. The molecule has 0 aliphatic heterocycles. The minimum atomic E-state index is -0.405. The van der Waals surface area contributed by atoms with Gasteiger partial charge in [0, 0.05) is 24.0 Å². The van der Waals surface area contributed by atoms with Crippen LogP contribution in [0.25, 0.3) is 0 Å². The number of nitrogens with one attached hydrogen (secondary N) is 1. The van der Waals surface area contributed by atoms with Crippen LogP contribution in [0.4, 0.5) is 5.13 Å². The monoisotopic (exact) mass is 341 g/mol. The molecule has 0 saturated carbocycles. The minimum Gasteiger partial charge on any atom is -0.466 e. The zero-order valence-corrected chi connectivity index (χ0v) is 14.5. The number of carbonyl (C=O) groups excluding carboxylic acids is 3. The quantitative estimate of drug-likeness (QED) is 0.695. The van der Waals surface area contributed by atoms with Gasteiger partial charge in [-0.25, -0.2) is 4.98 Å². The van der Waals surface area contributed by atoms with Gasteiger partial charge in [-0.2, -0.15) is 0 Å². The van der Waals surface area contributed by atoms with E-state index in [1.54, 1.807) is 18.5 Å². The Hall–Kier alpha value is -1.96. The van der Waals surface area contributed by atoms with Crippen LogP contribution in [0, 0.1) is 0 Å². The van der Waals surface area contributed by atoms with E-state index in [2.05, 4.69) is 10.3 Å². The normalized spacial score (nSPS) is 11.6. The number of amides is 2. The van der Waals surface area contributed by atoms with E-state index >= 15 is 0 Å². The Balaban J connectivity index is 2.58. The van der Waals surface area contributed by atoms with Gasteiger partial charge in [0.2, 0.25) is 11.8 Å². The van der Waals surface area contributed by atoms with Crippen molar-refractivity contribution in [3.63, 3.8) is 0 Å². The number of ether oxygens (including phenoxy) is 1. The van der Waals surface area contributed by atoms with Crippen molar-refractivity contribution >= 4 is 34.3 Å². The molecular formula is C15H23N3O4S. The number of thiazole rings is 1. The van der Waals surface area contributed by atoms with Crippen LogP contribution in [0.15, 0.2) is 11.6 Å². The Morgan fingerprint density at radius 1 is 1.35 bits per heavy atom. The van der Waals surface area contributed by atoms with Crippen LogP contribution in [0.1, 0.15) is 40.0 Å². The van der Waals surface area contributed by atoms with Crippen LogP contribution in [0.5, 0.6) is 0 Å². The molecule has 0 aliphatic rings. The maximum Gasteiger partial charge on any atom is 0.306 e. The third kappa shape index (κ3) is 6.77. The largest absolute Gasteiger partial charge is 0.466 e. The summed E-state index contributed by atoms with van der Waals surface area (Å²) in [5, 5.41) is 4.91. The predicted octanol–water partition coefficient (Wildman–Crippen LogP) is 2.05. The smallest absolute Gasteiger partial charge is 0.306 e. The highest BCUT2D eigenvalue weighted by molar-refractivity contribution is 7.13. The van der Waals surface area contributed by atoms with Crippen LogP contribution in [-0.4, -0.2) is 46.9 Å². The molecule has 8 heteroatoms. The van der Waals surface area contributed by atoms with Crippen LogP contribution in [-0.2, 0) is 19.1 Å². The molecule has 1 heterocycles. The van der Waals surface area contributed by atoms with Crippen molar-refractivity contribution in [3.05, 3.63) is 11.6 Å². The molecule has 1 unspecified atom stereocenters. The molecule has 0 saturated heterocycles. The Bertz CT molecular complexity index is 519. The summed E-state index contributed by atoms with van der Waals surface area (Å²) in [6.07, 6.45) is 2.37. The van der Waals surface area contributed by atoms with Crippen molar-refractivity contribution in [1.29, 1.82) is 0 Å². The molecule has 1 rings (SSSR count). The Morgan fingerprint density at radius 2 is 2.09 bits per heavy atom. The van der Waals surface area contributed by atoms with Gasteiger partial charge in [-0.05, 0) is 20.3 Å². The number of nitrogens with zero attached hydrogens (tertiary/aromatic N) is 2. The number of carbonyl (C=O) groups is 3. The fourth-order valence-corrected chi connectivity index (χ4v) is 2.44. The highest BCUT2D eigenvalue weighted by atomic mass is 32.1. The topological polar surface area (TPSA) is 88.6 Å². The lowest BCUT2D eigenvalue weighted by Gasteiger charge is -2.27. The van der Waals surface area contributed by atoms with Gasteiger partial charge >= 0.3 is 5.97 Å². The van der Waals surface area contributed by atoms with Gasteiger partial charge in [0.05, 0.1) is 13.0 Å². The summed E-state index contributed by atoms with van der Waals surface area (Å²) >= 11 is 1.31. The number of hydrogen-bond donors (Lipinski definition) is 1. The molecule has 0 radical (unpaired) electrons. The molecule has 23 heavy (non-hydrogen) atoms. The third-order valence-electron chi connectivity index (χ3n) is 3.28. The zero-order chi connectivity index (χ0) is 17.2. The first kappa shape index (κ1) is 19.1. The van der Waals surface area contributed by atoms with Crippen molar-refractivity contribution in [1.82, 2.24) is 9.88 Å². The Labute approximate surface area is 140 Å².